The summed E-state index contributed by atoms with van der Waals surface area (Å²) in [4.78, 5) is 0. The van der Waals surface area contributed by atoms with E-state index in [0.29, 0.717) is 7.18 Å². The molecule has 0 nitrogen and oxygen atoms in total. The molecule has 0 saturated heterocycles. The van der Waals surface area contributed by atoms with Crippen LogP contribution in [0.25, 0.3) is 0 Å². The second-order valence-corrected chi connectivity index (χ2v) is 2.96. The summed E-state index contributed by atoms with van der Waals surface area (Å²) in [5.41, 5.74) is 2.29. The van der Waals surface area contributed by atoms with Crippen molar-refractivity contribution in [3.63, 3.8) is 0 Å². The summed E-state index contributed by atoms with van der Waals surface area (Å²) >= 11 is 0. The van der Waals surface area contributed by atoms with Crippen LogP contribution in [0.5, 0.6) is 0 Å². The molecule has 116 valence electrons. The average Bonchev–Trinajstić information content (AvgIpc) is 2.45. The number of halogens is 1. The Morgan fingerprint density at radius 1 is 0.842 bits per heavy atom. The first-order chi connectivity index (χ1) is 9.08. The second kappa shape index (κ2) is 43.6. The Balaban J connectivity index is -0.0000000549. The Bertz CT molecular complexity index is 194. The summed E-state index contributed by atoms with van der Waals surface area (Å²) in [5.74, 6) is 0. The molecule has 0 fully saturated rings. The molecule has 0 rings (SSSR count). The van der Waals surface area contributed by atoms with Crippen LogP contribution in [0, 0.1) is 0 Å². The molecule has 19 heavy (non-hydrogen) atoms. The smallest absolute Gasteiger partial charge is 0.0785 e. The minimum absolute atomic E-state index is 0.500. The van der Waals surface area contributed by atoms with Crippen molar-refractivity contribution in [3.05, 3.63) is 48.6 Å². The Morgan fingerprint density at radius 3 is 1.32 bits per heavy atom. The molecule has 0 aliphatic carbocycles. The molecule has 0 aliphatic rings. The van der Waals surface area contributed by atoms with Crippen molar-refractivity contribution < 1.29 is 4.39 Å². The topological polar surface area (TPSA) is 0 Å². The van der Waals surface area contributed by atoms with Crippen LogP contribution >= 0.6 is 0 Å². The largest absolute Gasteiger partial charge is 0.255 e. The Morgan fingerprint density at radius 2 is 1.16 bits per heavy atom. The van der Waals surface area contributed by atoms with Gasteiger partial charge in [-0.25, -0.2) is 0 Å². The van der Waals surface area contributed by atoms with E-state index in [1.54, 1.807) is 0 Å². The third kappa shape index (κ3) is 78.9. The van der Waals surface area contributed by atoms with Gasteiger partial charge in [0.2, 0.25) is 0 Å². The van der Waals surface area contributed by atoms with E-state index in [-0.39, 0.29) is 0 Å². The van der Waals surface area contributed by atoms with Gasteiger partial charge in [0.25, 0.3) is 0 Å². The normalized spacial score (nSPS) is 7.68. The fourth-order valence-corrected chi connectivity index (χ4v) is 0.682. The van der Waals surface area contributed by atoms with E-state index in [2.05, 4.69) is 13.2 Å². The first-order valence-corrected chi connectivity index (χ1v) is 6.98. The van der Waals surface area contributed by atoms with Gasteiger partial charge in [0.15, 0.2) is 0 Å². The standard InChI is InChI=1S/C9H14.C4H8.2C2H6.CH3F/c1-5-6-9(4)7-8(2)3;1-3-4-2;3*1-2/h5-6H,2,4,7H2,1,3H3;3-4H,1-2H3;2*1-2H3;1H3/b6-5-;4-3-;;;. The van der Waals surface area contributed by atoms with E-state index in [0.717, 1.165) is 17.6 Å². The van der Waals surface area contributed by atoms with E-state index in [9.17, 15) is 4.39 Å². The maximum absolute atomic E-state index is 9.50. The van der Waals surface area contributed by atoms with Gasteiger partial charge in [0.05, 0.1) is 7.18 Å². The molecule has 0 saturated carbocycles. The molecule has 0 aromatic heterocycles. The van der Waals surface area contributed by atoms with Crippen molar-refractivity contribution in [2.24, 2.45) is 0 Å². The lowest BCUT2D eigenvalue weighted by Crippen LogP contribution is -1.75. The summed E-state index contributed by atoms with van der Waals surface area (Å²) in [7, 11) is 0.500. The van der Waals surface area contributed by atoms with Gasteiger partial charge in [-0.15, -0.1) is 0 Å². The molecule has 0 aromatic rings. The van der Waals surface area contributed by atoms with Crippen molar-refractivity contribution in [1.82, 2.24) is 0 Å². The molecule has 0 unspecified atom stereocenters. The van der Waals surface area contributed by atoms with Gasteiger partial charge in [0, 0.05) is 0 Å². The fourth-order valence-electron chi connectivity index (χ4n) is 0.682. The number of rotatable bonds is 3. The van der Waals surface area contributed by atoms with Gasteiger partial charge in [-0.2, -0.15) is 0 Å². The maximum atomic E-state index is 9.50. The lowest BCUT2D eigenvalue weighted by atomic mass is 10.1. The molecule has 1 heteroatoms. The van der Waals surface area contributed by atoms with Crippen LogP contribution in [0.2, 0.25) is 0 Å². The quantitative estimate of drug-likeness (QED) is 0.373. The predicted molar refractivity (Wildman–Crippen MR) is 93.6 cm³/mol. The highest BCUT2D eigenvalue weighted by Gasteiger charge is 1.86. The Kier molecular flexibility index (Phi) is 70.5. The molecule has 0 N–H and O–H groups in total. The van der Waals surface area contributed by atoms with Crippen LogP contribution in [0.1, 0.15) is 61.8 Å². The van der Waals surface area contributed by atoms with Gasteiger partial charge in [0.1, 0.15) is 0 Å². The van der Waals surface area contributed by atoms with Crippen LogP contribution in [0.4, 0.5) is 4.39 Å². The van der Waals surface area contributed by atoms with Crippen molar-refractivity contribution >= 4 is 0 Å². The van der Waals surface area contributed by atoms with Crippen LogP contribution in [0.3, 0.4) is 0 Å². The highest BCUT2D eigenvalue weighted by atomic mass is 19.1. The van der Waals surface area contributed by atoms with E-state index in [1.807, 2.05) is 79.7 Å². The van der Waals surface area contributed by atoms with Crippen LogP contribution < -0.4 is 0 Å². The monoisotopic (exact) mass is 272 g/mol. The van der Waals surface area contributed by atoms with Crippen molar-refractivity contribution in [3.8, 4) is 0 Å². The molecule has 0 radical (unpaired) electrons. The Hall–Kier alpha value is -1.11. The summed E-state index contributed by atoms with van der Waals surface area (Å²) < 4.78 is 9.50. The van der Waals surface area contributed by atoms with Crippen LogP contribution in [0.15, 0.2) is 48.6 Å². The third-order valence-corrected chi connectivity index (χ3v) is 1.26. The van der Waals surface area contributed by atoms with E-state index in [1.165, 1.54) is 0 Å². The number of allylic oxidation sites excluding steroid dienone is 6. The van der Waals surface area contributed by atoms with Crippen LogP contribution in [-0.4, -0.2) is 7.18 Å². The number of hydrogen-bond acceptors (Lipinski definition) is 0. The fraction of sp³-hybridized carbons (Fsp3) is 0.556. The van der Waals surface area contributed by atoms with E-state index >= 15 is 0 Å². The van der Waals surface area contributed by atoms with Crippen molar-refractivity contribution in [2.75, 3.05) is 7.18 Å². The molecule has 0 spiro atoms. The maximum Gasteiger partial charge on any atom is 0.0785 e. The first-order valence-electron chi connectivity index (χ1n) is 6.98. The minimum Gasteiger partial charge on any atom is -0.255 e. The molecule has 0 bridgehead atoms. The first kappa shape index (κ1) is 30.7. The molecule has 0 aliphatic heterocycles. The third-order valence-electron chi connectivity index (χ3n) is 1.26. The zero-order chi connectivity index (χ0) is 16.7. The van der Waals surface area contributed by atoms with Gasteiger partial charge >= 0.3 is 0 Å². The summed E-state index contributed by atoms with van der Waals surface area (Å²) in [6, 6.07) is 0. The molecule has 0 amide bonds. The molecule has 0 aromatic carbocycles. The average molecular weight is 272 g/mol. The highest BCUT2D eigenvalue weighted by Crippen LogP contribution is 2.06. The van der Waals surface area contributed by atoms with Crippen molar-refractivity contribution in [1.29, 1.82) is 0 Å². The molecule has 0 heterocycles. The van der Waals surface area contributed by atoms with Crippen LogP contribution in [-0.2, 0) is 0 Å². The van der Waals surface area contributed by atoms with Crippen molar-refractivity contribution in [2.45, 2.75) is 61.8 Å². The van der Waals surface area contributed by atoms with E-state index in [4.69, 9.17) is 0 Å². The van der Waals surface area contributed by atoms with Gasteiger partial charge in [-0.1, -0.05) is 76.3 Å². The molecule has 0 atom stereocenters. The lowest BCUT2D eigenvalue weighted by molar-refractivity contribution is 0.636. The number of hydrogen-bond donors (Lipinski definition) is 0. The lowest BCUT2D eigenvalue weighted by Gasteiger charge is -1.95. The zero-order valence-corrected chi connectivity index (χ0v) is 14.8. The minimum atomic E-state index is 0.500. The summed E-state index contributed by atoms with van der Waals surface area (Å²) in [5, 5.41) is 0. The van der Waals surface area contributed by atoms with Gasteiger partial charge in [-0.3, -0.25) is 4.39 Å². The zero-order valence-electron chi connectivity index (χ0n) is 14.8. The molecular formula is C18H37F. The number of alkyl halides is 1. The van der Waals surface area contributed by atoms with E-state index < -0.39 is 0 Å². The molecular weight excluding hydrogens is 235 g/mol. The SMILES string of the molecule is C/C=C\C.C=C(C)CC(=C)/C=C\C.CC.CC.CF. The predicted octanol–water partition coefficient (Wildman–Crippen LogP) is 7.31. The Labute approximate surface area is 122 Å². The highest BCUT2D eigenvalue weighted by molar-refractivity contribution is 5.19. The van der Waals surface area contributed by atoms with Gasteiger partial charge < -0.3 is 0 Å². The summed E-state index contributed by atoms with van der Waals surface area (Å²) in [6.07, 6.45) is 8.92. The van der Waals surface area contributed by atoms with Gasteiger partial charge in [-0.05, 0) is 34.1 Å². The summed E-state index contributed by atoms with van der Waals surface area (Å²) in [6.45, 7) is 23.6. The second-order valence-electron chi connectivity index (χ2n) is 2.96.